The van der Waals surface area contributed by atoms with Crippen molar-refractivity contribution in [1.29, 1.82) is 0 Å². The molecule has 3 aromatic rings. The number of benzene rings is 2. The van der Waals surface area contributed by atoms with Gasteiger partial charge < -0.3 is 19.8 Å². The van der Waals surface area contributed by atoms with E-state index in [0.29, 0.717) is 40.2 Å². The SMILES string of the molecule is Cc1[nH]c2cc(F)ccc2c1C(=O)NCc1ccc2c(c1)OCO2. The summed E-state index contributed by atoms with van der Waals surface area (Å²) in [6.07, 6.45) is 0. The molecule has 0 radical (unpaired) electrons. The molecule has 0 unspecified atom stereocenters. The predicted octanol–water partition coefficient (Wildman–Crippen LogP) is 3.27. The minimum atomic E-state index is -0.337. The number of ether oxygens (including phenoxy) is 2. The fourth-order valence-electron chi connectivity index (χ4n) is 2.92. The molecule has 0 atom stereocenters. The number of aryl methyl sites for hydroxylation is 1. The summed E-state index contributed by atoms with van der Waals surface area (Å²) >= 11 is 0. The topological polar surface area (TPSA) is 63.4 Å². The summed E-state index contributed by atoms with van der Waals surface area (Å²) in [5, 5.41) is 3.60. The Morgan fingerprint density at radius 1 is 1.21 bits per heavy atom. The van der Waals surface area contributed by atoms with Gasteiger partial charge in [-0.25, -0.2) is 4.39 Å². The van der Waals surface area contributed by atoms with Gasteiger partial charge in [-0.3, -0.25) is 4.79 Å². The number of carbonyl (C=O) groups excluding carboxylic acids is 1. The van der Waals surface area contributed by atoms with E-state index in [1.807, 2.05) is 18.2 Å². The van der Waals surface area contributed by atoms with Gasteiger partial charge in [0.2, 0.25) is 6.79 Å². The minimum absolute atomic E-state index is 0.206. The lowest BCUT2D eigenvalue weighted by molar-refractivity contribution is 0.0952. The third-order valence-electron chi connectivity index (χ3n) is 4.07. The third-order valence-corrected chi connectivity index (χ3v) is 4.07. The van der Waals surface area contributed by atoms with E-state index in [0.717, 1.165) is 5.56 Å². The Bertz CT molecular complexity index is 949. The average molecular weight is 326 g/mol. The molecule has 5 nitrogen and oxygen atoms in total. The lowest BCUT2D eigenvalue weighted by Gasteiger charge is -2.07. The van der Waals surface area contributed by atoms with Gasteiger partial charge in [0, 0.05) is 23.1 Å². The van der Waals surface area contributed by atoms with Crippen molar-refractivity contribution in [2.45, 2.75) is 13.5 Å². The number of H-pyrrole nitrogens is 1. The largest absolute Gasteiger partial charge is 0.454 e. The number of carbonyl (C=O) groups is 1. The predicted molar refractivity (Wildman–Crippen MR) is 86.7 cm³/mol. The Kier molecular flexibility index (Phi) is 3.37. The summed E-state index contributed by atoms with van der Waals surface area (Å²) in [5.41, 5.74) is 2.77. The van der Waals surface area contributed by atoms with E-state index in [1.165, 1.54) is 12.1 Å². The van der Waals surface area contributed by atoms with Gasteiger partial charge in [-0.05, 0) is 42.8 Å². The number of aromatic nitrogens is 1. The summed E-state index contributed by atoms with van der Waals surface area (Å²) in [5.74, 6) is 0.846. The normalized spacial score (nSPS) is 12.6. The standard InChI is InChI=1S/C18H15FN2O3/c1-10-17(13-4-3-12(19)7-14(13)21-10)18(22)20-8-11-2-5-15-16(6-11)24-9-23-15/h2-7,21H,8-9H2,1H3,(H,20,22). The molecule has 1 amide bonds. The molecule has 2 heterocycles. The van der Waals surface area contributed by atoms with Crippen LogP contribution in [0.2, 0.25) is 0 Å². The molecule has 0 saturated heterocycles. The lowest BCUT2D eigenvalue weighted by Crippen LogP contribution is -2.23. The van der Waals surface area contributed by atoms with Crippen LogP contribution in [-0.2, 0) is 6.54 Å². The van der Waals surface area contributed by atoms with E-state index in [2.05, 4.69) is 10.3 Å². The smallest absolute Gasteiger partial charge is 0.253 e. The van der Waals surface area contributed by atoms with Crippen LogP contribution in [0, 0.1) is 12.7 Å². The summed E-state index contributed by atoms with van der Waals surface area (Å²) in [6, 6.07) is 9.90. The average Bonchev–Trinajstić information content (AvgIpc) is 3.14. The highest BCUT2D eigenvalue weighted by molar-refractivity contribution is 6.08. The van der Waals surface area contributed by atoms with Crippen LogP contribution in [0.3, 0.4) is 0 Å². The van der Waals surface area contributed by atoms with Crippen LogP contribution >= 0.6 is 0 Å². The summed E-state index contributed by atoms with van der Waals surface area (Å²) in [4.78, 5) is 15.6. The first-order chi connectivity index (χ1) is 11.6. The van der Waals surface area contributed by atoms with Crippen molar-refractivity contribution in [3.8, 4) is 11.5 Å². The van der Waals surface area contributed by atoms with Crippen LogP contribution in [0.25, 0.3) is 10.9 Å². The van der Waals surface area contributed by atoms with E-state index in [-0.39, 0.29) is 18.5 Å². The van der Waals surface area contributed by atoms with Gasteiger partial charge in [0.15, 0.2) is 11.5 Å². The van der Waals surface area contributed by atoms with Gasteiger partial charge in [-0.1, -0.05) is 6.07 Å². The second kappa shape index (κ2) is 5.56. The first-order valence-corrected chi connectivity index (χ1v) is 7.56. The Morgan fingerprint density at radius 3 is 2.92 bits per heavy atom. The van der Waals surface area contributed by atoms with Gasteiger partial charge in [0.1, 0.15) is 5.82 Å². The minimum Gasteiger partial charge on any atom is -0.454 e. The Hall–Kier alpha value is -3.02. The molecule has 1 aliphatic heterocycles. The Morgan fingerprint density at radius 2 is 2.04 bits per heavy atom. The van der Waals surface area contributed by atoms with Crippen molar-refractivity contribution in [3.05, 3.63) is 59.0 Å². The van der Waals surface area contributed by atoms with Crippen molar-refractivity contribution in [2.24, 2.45) is 0 Å². The van der Waals surface area contributed by atoms with Crippen LogP contribution in [0.15, 0.2) is 36.4 Å². The maximum Gasteiger partial charge on any atom is 0.253 e. The highest BCUT2D eigenvalue weighted by Crippen LogP contribution is 2.32. The van der Waals surface area contributed by atoms with Crippen LogP contribution in [0.5, 0.6) is 11.5 Å². The highest BCUT2D eigenvalue weighted by atomic mass is 19.1. The number of amides is 1. The summed E-state index contributed by atoms with van der Waals surface area (Å²) < 4.78 is 23.9. The number of fused-ring (bicyclic) bond motifs is 2. The van der Waals surface area contributed by atoms with Crippen molar-refractivity contribution >= 4 is 16.8 Å². The molecule has 4 rings (SSSR count). The van der Waals surface area contributed by atoms with Crippen molar-refractivity contribution in [1.82, 2.24) is 10.3 Å². The monoisotopic (exact) mass is 326 g/mol. The van der Waals surface area contributed by atoms with Gasteiger partial charge in [0.05, 0.1) is 5.56 Å². The van der Waals surface area contributed by atoms with E-state index in [1.54, 1.807) is 13.0 Å². The number of halogens is 1. The fourth-order valence-corrected chi connectivity index (χ4v) is 2.92. The highest BCUT2D eigenvalue weighted by Gasteiger charge is 2.17. The lowest BCUT2D eigenvalue weighted by atomic mass is 10.1. The van der Waals surface area contributed by atoms with E-state index < -0.39 is 0 Å². The second-order valence-electron chi connectivity index (χ2n) is 5.69. The van der Waals surface area contributed by atoms with Crippen LogP contribution in [-0.4, -0.2) is 17.7 Å². The molecule has 2 N–H and O–H groups in total. The van der Waals surface area contributed by atoms with Crippen molar-refractivity contribution in [2.75, 3.05) is 6.79 Å². The maximum absolute atomic E-state index is 13.3. The number of nitrogens with one attached hydrogen (secondary N) is 2. The molecule has 6 heteroatoms. The fraction of sp³-hybridized carbons (Fsp3) is 0.167. The van der Waals surface area contributed by atoms with Crippen LogP contribution in [0.1, 0.15) is 21.6 Å². The molecular weight excluding hydrogens is 311 g/mol. The van der Waals surface area contributed by atoms with Crippen molar-refractivity contribution in [3.63, 3.8) is 0 Å². The van der Waals surface area contributed by atoms with E-state index in [4.69, 9.17) is 9.47 Å². The first kappa shape index (κ1) is 14.6. The number of hydrogen-bond acceptors (Lipinski definition) is 3. The zero-order valence-corrected chi connectivity index (χ0v) is 13.0. The van der Waals surface area contributed by atoms with E-state index in [9.17, 15) is 9.18 Å². The number of rotatable bonds is 3. The summed E-state index contributed by atoms with van der Waals surface area (Å²) in [7, 11) is 0. The molecule has 0 bridgehead atoms. The van der Waals surface area contributed by atoms with E-state index >= 15 is 0 Å². The molecule has 24 heavy (non-hydrogen) atoms. The Balaban J connectivity index is 1.55. The molecular formula is C18H15FN2O3. The van der Waals surface area contributed by atoms with Gasteiger partial charge in [-0.15, -0.1) is 0 Å². The first-order valence-electron chi connectivity index (χ1n) is 7.56. The molecule has 2 aromatic carbocycles. The zero-order chi connectivity index (χ0) is 16.7. The molecule has 122 valence electrons. The summed E-state index contributed by atoms with van der Waals surface area (Å²) in [6.45, 7) is 2.38. The maximum atomic E-state index is 13.3. The molecule has 0 fully saturated rings. The molecule has 0 saturated carbocycles. The number of aromatic amines is 1. The van der Waals surface area contributed by atoms with Crippen molar-refractivity contribution < 1.29 is 18.7 Å². The molecule has 1 aromatic heterocycles. The van der Waals surface area contributed by atoms with Gasteiger partial charge in [0.25, 0.3) is 5.91 Å². The molecule has 0 aliphatic carbocycles. The zero-order valence-electron chi connectivity index (χ0n) is 13.0. The van der Waals surface area contributed by atoms with Crippen LogP contribution < -0.4 is 14.8 Å². The number of hydrogen-bond donors (Lipinski definition) is 2. The van der Waals surface area contributed by atoms with Gasteiger partial charge in [-0.2, -0.15) is 0 Å². The second-order valence-corrected chi connectivity index (χ2v) is 5.69. The van der Waals surface area contributed by atoms with Crippen LogP contribution in [0.4, 0.5) is 4.39 Å². The quantitative estimate of drug-likeness (QED) is 0.776. The Labute approximate surface area is 137 Å². The molecule has 0 spiro atoms. The third kappa shape index (κ3) is 2.46. The van der Waals surface area contributed by atoms with Gasteiger partial charge >= 0.3 is 0 Å². The molecule has 1 aliphatic rings.